The van der Waals surface area contributed by atoms with Gasteiger partial charge < -0.3 is 10.5 Å². The maximum Gasteiger partial charge on any atom is 0.340 e. The van der Waals surface area contributed by atoms with Crippen molar-refractivity contribution in [3.63, 3.8) is 0 Å². The Hall–Kier alpha value is -2.46. The van der Waals surface area contributed by atoms with Gasteiger partial charge in [-0.2, -0.15) is 0 Å². The van der Waals surface area contributed by atoms with Crippen LogP contribution in [-0.4, -0.2) is 12.5 Å². The van der Waals surface area contributed by atoms with Gasteiger partial charge in [-0.05, 0) is 42.2 Å². The van der Waals surface area contributed by atoms with E-state index in [1.807, 2.05) is 6.07 Å². The SMILES string of the molecule is C=C(CN)C(=O)Oc1ccc(-c2ccc(CCCCC)cc2F)cc1. The maximum atomic E-state index is 14.4. The van der Waals surface area contributed by atoms with Gasteiger partial charge in [0, 0.05) is 17.7 Å². The molecule has 0 saturated heterocycles. The lowest BCUT2D eigenvalue weighted by Gasteiger charge is -2.09. The molecule has 0 bridgehead atoms. The second kappa shape index (κ2) is 9.14. The highest BCUT2D eigenvalue weighted by Gasteiger charge is 2.10. The van der Waals surface area contributed by atoms with Gasteiger partial charge in [0.05, 0.1) is 0 Å². The minimum atomic E-state index is -0.558. The first-order valence-corrected chi connectivity index (χ1v) is 8.54. The molecule has 2 N–H and O–H groups in total. The summed E-state index contributed by atoms with van der Waals surface area (Å²) in [5, 5.41) is 0. The lowest BCUT2D eigenvalue weighted by Crippen LogP contribution is -2.17. The number of aryl methyl sites for hydroxylation is 1. The lowest BCUT2D eigenvalue weighted by molar-refractivity contribution is -0.130. The standard InChI is InChI=1S/C21H24FNO2/c1-3-4-5-6-16-7-12-19(20(22)13-16)17-8-10-18(11-9-17)25-21(24)15(2)14-23/h7-13H,2-6,14,23H2,1H3. The smallest absolute Gasteiger partial charge is 0.340 e. The predicted octanol–water partition coefficient (Wildman–Crippen LogP) is 4.65. The fourth-order valence-corrected chi connectivity index (χ4v) is 2.49. The van der Waals surface area contributed by atoms with Crippen LogP contribution in [0.15, 0.2) is 54.6 Å². The molecular formula is C21H24FNO2. The number of hydrogen-bond acceptors (Lipinski definition) is 3. The third-order valence-corrected chi connectivity index (χ3v) is 4.01. The van der Waals surface area contributed by atoms with Crippen molar-refractivity contribution < 1.29 is 13.9 Å². The number of ether oxygens (including phenoxy) is 1. The fourth-order valence-electron chi connectivity index (χ4n) is 2.49. The van der Waals surface area contributed by atoms with Gasteiger partial charge in [-0.15, -0.1) is 0 Å². The third kappa shape index (κ3) is 5.26. The van der Waals surface area contributed by atoms with Crippen molar-refractivity contribution in [1.82, 2.24) is 0 Å². The van der Waals surface area contributed by atoms with Crippen LogP contribution in [-0.2, 0) is 11.2 Å². The van der Waals surface area contributed by atoms with Gasteiger partial charge in [-0.25, -0.2) is 9.18 Å². The molecule has 0 aliphatic heterocycles. The van der Waals surface area contributed by atoms with E-state index in [0.717, 1.165) is 36.8 Å². The van der Waals surface area contributed by atoms with Gasteiger partial charge in [0.1, 0.15) is 11.6 Å². The van der Waals surface area contributed by atoms with E-state index >= 15 is 0 Å². The normalized spacial score (nSPS) is 10.5. The number of carbonyl (C=O) groups is 1. The summed E-state index contributed by atoms with van der Waals surface area (Å²) < 4.78 is 19.5. The summed E-state index contributed by atoms with van der Waals surface area (Å²) in [5.41, 5.74) is 7.83. The zero-order valence-electron chi connectivity index (χ0n) is 14.6. The lowest BCUT2D eigenvalue weighted by atomic mass is 10.0. The Balaban J connectivity index is 2.09. The van der Waals surface area contributed by atoms with Crippen LogP contribution < -0.4 is 10.5 Å². The van der Waals surface area contributed by atoms with Crippen molar-refractivity contribution in [3.8, 4) is 16.9 Å². The molecule has 2 rings (SSSR count). The van der Waals surface area contributed by atoms with Crippen molar-refractivity contribution >= 4 is 5.97 Å². The number of hydrogen-bond donors (Lipinski definition) is 1. The van der Waals surface area contributed by atoms with Crippen LogP contribution in [0.3, 0.4) is 0 Å². The number of carbonyl (C=O) groups excluding carboxylic acids is 1. The number of nitrogens with two attached hydrogens (primary N) is 1. The molecule has 2 aromatic carbocycles. The number of benzene rings is 2. The van der Waals surface area contributed by atoms with Gasteiger partial charge >= 0.3 is 5.97 Å². The molecule has 0 radical (unpaired) electrons. The van der Waals surface area contributed by atoms with Crippen LogP contribution in [0.25, 0.3) is 11.1 Å². The Morgan fingerprint density at radius 3 is 2.48 bits per heavy atom. The minimum Gasteiger partial charge on any atom is -0.423 e. The molecule has 0 atom stereocenters. The topological polar surface area (TPSA) is 52.3 Å². The molecule has 0 unspecified atom stereocenters. The predicted molar refractivity (Wildman–Crippen MR) is 98.9 cm³/mol. The highest BCUT2D eigenvalue weighted by Crippen LogP contribution is 2.26. The average Bonchev–Trinajstić information content (AvgIpc) is 2.62. The van der Waals surface area contributed by atoms with Crippen LogP contribution in [0.4, 0.5) is 4.39 Å². The Morgan fingerprint density at radius 2 is 1.88 bits per heavy atom. The second-order valence-corrected chi connectivity index (χ2v) is 5.99. The van der Waals surface area contributed by atoms with Gasteiger partial charge in [0.25, 0.3) is 0 Å². The summed E-state index contributed by atoms with van der Waals surface area (Å²) in [6.07, 6.45) is 4.27. The molecule has 25 heavy (non-hydrogen) atoms. The minimum absolute atomic E-state index is 0.0483. The molecule has 0 aromatic heterocycles. The van der Waals surface area contributed by atoms with Gasteiger partial charge in [-0.3, -0.25) is 0 Å². The number of unbranched alkanes of at least 4 members (excludes halogenated alkanes) is 2. The molecule has 132 valence electrons. The zero-order valence-corrected chi connectivity index (χ0v) is 14.6. The first-order chi connectivity index (χ1) is 12.0. The molecule has 0 amide bonds. The molecule has 4 heteroatoms. The second-order valence-electron chi connectivity index (χ2n) is 5.99. The summed E-state index contributed by atoms with van der Waals surface area (Å²) in [6, 6.07) is 12.1. The summed E-state index contributed by atoms with van der Waals surface area (Å²) >= 11 is 0. The molecule has 0 fully saturated rings. The molecule has 0 aliphatic carbocycles. The molecule has 0 aliphatic rings. The first kappa shape index (κ1) is 18.9. The van der Waals surface area contributed by atoms with Crippen LogP contribution >= 0.6 is 0 Å². The summed E-state index contributed by atoms with van der Waals surface area (Å²) in [4.78, 5) is 11.6. The van der Waals surface area contributed by atoms with Crippen molar-refractivity contribution in [2.75, 3.05) is 6.54 Å². The Labute approximate surface area is 148 Å². The first-order valence-electron chi connectivity index (χ1n) is 8.54. The number of halogens is 1. The monoisotopic (exact) mass is 341 g/mol. The molecular weight excluding hydrogens is 317 g/mol. The maximum absolute atomic E-state index is 14.4. The quantitative estimate of drug-likeness (QED) is 0.329. The van der Waals surface area contributed by atoms with Gasteiger partial charge in [-0.1, -0.05) is 50.6 Å². The van der Waals surface area contributed by atoms with E-state index in [9.17, 15) is 9.18 Å². The van der Waals surface area contributed by atoms with Crippen LogP contribution in [0.1, 0.15) is 31.7 Å². The largest absolute Gasteiger partial charge is 0.423 e. The molecule has 2 aromatic rings. The van der Waals surface area contributed by atoms with Gasteiger partial charge in [0.15, 0.2) is 0 Å². The highest BCUT2D eigenvalue weighted by molar-refractivity contribution is 5.89. The van der Waals surface area contributed by atoms with Crippen molar-refractivity contribution in [2.24, 2.45) is 5.73 Å². The Morgan fingerprint density at radius 1 is 1.16 bits per heavy atom. The molecule has 0 saturated carbocycles. The molecule has 3 nitrogen and oxygen atoms in total. The number of rotatable bonds is 8. The van der Waals surface area contributed by atoms with E-state index in [4.69, 9.17) is 10.5 Å². The average molecular weight is 341 g/mol. The Kier molecular flexibility index (Phi) is 6.90. The van der Waals surface area contributed by atoms with Crippen molar-refractivity contribution in [2.45, 2.75) is 32.6 Å². The van der Waals surface area contributed by atoms with Crippen LogP contribution in [0, 0.1) is 5.82 Å². The molecule has 0 spiro atoms. The van der Waals surface area contributed by atoms with E-state index in [0.29, 0.717) is 11.3 Å². The van der Waals surface area contributed by atoms with Crippen molar-refractivity contribution in [1.29, 1.82) is 0 Å². The van der Waals surface area contributed by atoms with Crippen molar-refractivity contribution in [3.05, 3.63) is 66.0 Å². The summed E-state index contributed by atoms with van der Waals surface area (Å²) in [6.45, 7) is 5.73. The summed E-state index contributed by atoms with van der Waals surface area (Å²) in [7, 11) is 0. The van der Waals surface area contributed by atoms with E-state index in [1.54, 1.807) is 36.4 Å². The van der Waals surface area contributed by atoms with E-state index in [1.165, 1.54) is 0 Å². The molecule has 0 heterocycles. The summed E-state index contributed by atoms with van der Waals surface area (Å²) in [5.74, 6) is -0.423. The Bertz CT molecular complexity index is 738. The number of esters is 1. The highest BCUT2D eigenvalue weighted by atomic mass is 19.1. The van der Waals surface area contributed by atoms with Crippen LogP contribution in [0.2, 0.25) is 0 Å². The fraction of sp³-hybridized carbons (Fsp3) is 0.286. The van der Waals surface area contributed by atoms with E-state index in [2.05, 4.69) is 13.5 Å². The third-order valence-electron chi connectivity index (χ3n) is 4.01. The van der Waals surface area contributed by atoms with E-state index < -0.39 is 5.97 Å². The van der Waals surface area contributed by atoms with Crippen LogP contribution in [0.5, 0.6) is 5.75 Å². The van der Waals surface area contributed by atoms with E-state index in [-0.39, 0.29) is 17.9 Å². The zero-order chi connectivity index (χ0) is 18.2. The van der Waals surface area contributed by atoms with Gasteiger partial charge in [0.2, 0.25) is 0 Å².